The van der Waals surface area contributed by atoms with Crippen molar-refractivity contribution in [3.05, 3.63) is 54.6 Å². The van der Waals surface area contributed by atoms with Crippen LogP contribution >= 0.6 is 0 Å². The predicted molar refractivity (Wildman–Crippen MR) is 106 cm³/mol. The van der Waals surface area contributed by atoms with Gasteiger partial charge >= 0.3 is 0 Å². The molecule has 146 valence electrons. The molecule has 2 aromatic rings. The maximum Gasteiger partial charge on any atom is 0.265 e. The third kappa shape index (κ3) is 3.96. The monoisotopic (exact) mass is 380 g/mol. The van der Waals surface area contributed by atoms with Gasteiger partial charge in [0.25, 0.3) is 11.8 Å². The van der Waals surface area contributed by atoms with Gasteiger partial charge in [-0.3, -0.25) is 9.59 Å². The van der Waals surface area contributed by atoms with Crippen LogP contribution in [0.5, 0.6) is 11.5 Å². The topological polar surface area (TPSA) is 59.1 Å². The molecule has 0 saturated carbocycles. The van der Waals surface area contributed by atoms with E-state index in [0.29, 0.717) is 17.2 Å². The Morgan fingerprint density at radius 2 is 1.68 bits per heavy atom. The van der Waals surface area contributed by atoms with Gasteiger partial charge in [0.05, 0.1) is 12.2 Å². The predicted octanol–water partition coefficient (Wildman–Crippen LogP) is 2.87. The maximum atomic E-state index is 12.9. The highest BCUT2D eigenvalue weighted by Crippen LogP contribution is 2.34. The van der Waals surface area contributed by atoms with Crippen LogP contribution in [0.2, 0.25) is 0 Å². The Kier molecular flexibility index (Phi) is 5.46. The van der Waals surface area contributed by atoms with Crippen LogP contribution in [0.15, 0.2) is 54.6 Å². The Labute approximate surface area is 164 Å². The highest BCUT2D eigenvalue weighted by atomic mass is 16.5. The number of fused-ring (bicyclic) bond motifs is 1. The summed E-state index contributed by atoms with van der Waals surface area (Å²) in [4.78, 5) is 29.3. The van der Waals surface area contributed by atoms with Crippen LogP contribution in [0.25, 0.3) is 0 Å². The van der Waals surface area contributed by atoms with Crippen LogP contribution in [0.4, 0.5) is 5.69 Å². The molecule has 0 unspecified atom stereocenters. The molecule has 4 rings (SSSR count). The number of anilines is 1. The minimum Gasteiger partial charge on any atom is -0.484 e. The Morgan fingerprint density at radius 3 is 2.46 bits per heavy atom. The molecule has 2 aliphatic heterocycles. The van der Waals surface area contributed by atoms with Gasteiger partial charge in [-0.05, 0) is 43.5 Å². The molecule has 0 aromatic heterocycles. The van der Waals surface area contributed by atoms with E-state index < -0.39 is 6.10 Å². The average Bonchev–Trinajstić information content (AvgIpc) is 2.77. The van der Waals surface area contributed by atoms with Crippen molar-refractivity contribution in [2.45, 2.75) is 25.4 Å². The molecule has 2 amide bonds. The van der Waals surface area contributed by atoms with Gasteiger partial charge in [-0.15, -0.1) is 0 Å². The largest absolute Gasteiger partial charge is 0.484 e. The van der Waals surface area contributed by atoms with Gasteiger partial charge in [-0.1, -0.05) is 30.3 Å². The van der Waals surface area contributed by atoms with Crippen molar-refractivity contribution >= 4 is 17.5 Å². The molecule has 1 fully saturated rings. The Bertz CT molecular complexity index is 833. The van der Waals surface area contributed by atoms with E-state index in [0.717, 1.165) is 32.4 Å². The van der Waals surface area contributed by atoms with E-state index in [1.165, 1.54) is 0 Å². The van der Waals surface area contributed by atoms with Gasteiger partial charge in [-0.25, -0.2) is 0 Å². The third-order valence-corrected chi connectivity index (χ3v) is 5.12. The summed E-state index contributed by atoms with van der Waals surface area (Å²) in [6.45, 7) is 1.61. The third-order valence-electron chi connectivity index (χ3n) is 5.12. The van der Waals surface area contributed by atoms with E-state index in [1.807, 2.05) is 53.4 Å². The van der Waals surface area contributed by atoms with Gasteiger partial charge < -0.3 is 19.3 Å². The second kappa shape index (κ2) is 8.33. The standard InChI is InChI=1S/C22H24N2O4/c25-21(16-27-17-9-3-1-4-10-17)24-15-20(22(26)23-13-7-2-8-14-23)28-19-12-6-5-11-18(19)24/h1,3-6,9-12,20H,2,7-8,13-16H2/t20-/m0/s1. The van der Waals surface area contributed by atoms with E-state index in [4.69, 9.17) is 9.47 Å². The van der Waals surface area contributed by atoms with E-state index in [9.17, 15) is 9.59 Å². The van der Waals surface area contributed by atoms with Crippen molar-refractivity contribution in [2.75, 3.05) is 31.1 Å². The van der Waals surface area contributed by atoms with Crippen molar-refractivity contribution in [2.24, 2.45) is 0 Å². The molecule has 1 atom stereocenters. The number of piperidine rings is 1. The number of hydrogen-bond acceptors (Lipinski definition) is 4. The van der Waals surface area contributed by atoms with Gasteiger partial charge in [0.1, 0.15) is 11.5 Å². The number of likely N-dealkylation sites (tertiary alicyclic amines) is 1. The fourth-order valence-corrected chi connectivity index (χ4v) is 3.66. The highest BCUT2D eigenvalue weighted by molar-refractivity contribution is 5.98. The lowest BCUT2D eigenvalue weighted by atomic mass is 10.1. The smallest absolute Gasteiger partial charge is 0.265 e. The maximum absolute atomic E-state index is 12.9. The summed E-state index contributed by atoms with van der Waals surface area (Å²) in [5.74, 6) is 0.947. The van der Waals surface area contributed by atoms with Crippen LogP contribution in [0, 0.1) is 0 Å². The summed E-state index contributed by atoms with van der Waals surface area (Å²) in [6, 6.07) is 16.5. The van der Waals surface area contributed by atoms with Crippen LogP contribution in [0.1, 0.15) is 19.3 Å². The minimum atomic E-state index is -0.686. The normalized spacial score (nSPS) is 18.8. The summed E-state index contributed by atoms with van der Waals surface area (Å²) in [7, 11) is 0. The molecule has 6 heteroatoms. The zero-order valence-electron chi connectivity index (χ0n) is 15.8. The van der Waals surface area contributed by atoms with E-state index in [2.05, 4.69) is 0 Å². The number of carbonyl (C=O) groups excluding carboxylic acids is 2. The number of rotatable bonds is 4. The zero-order valence-corrected chi connectivity index (χ0v) is 15.8. The number of hydrogen-bond donors (Lipinski definition) is 0. The van der Waals surface area contributed by atoms with Gasteiger partial charge in [0, 0.05) is 13.1 Å². The Balaban J connectivity index is 1.50. The first-order valence-corrected chi connectivity index (χ1v) is 9.75. The molecule has 0 N–H and O–H groups in total. The summed E-state index contributed by atoms with van der Waals surface area (Å²) in [6.07, 6.45) is 2.50. The zero-order chi connectivity index (χ0) is 19.3. The fraction of sp³-hybridized carbons (Fsp3) is 0.364. The molecule has 0 bridgehead atoms. The number of carbonyl (C=O) groups is 2. The number of para-hydroxylation sites is 3. The lowest BCUT2D eigenvalue weighted by molar-refractivity contribution is -0.139. The summed E-state index contributed by atoms with van der Waals surface area (Å²) in [5.41, 5.74) is 0.673. The van der Waals surface area contributed by atoms with Crippen LogP contribution < -0.4 is 14.4 Å². The minimum absolute atomic E-state index is 0.0454. The van der Waals surface area contributed by atoms with Crippen LogP contribution in [-0.2, 0) is 9.59 Å². The molecule has 0 aliphatic carbocycles. The first kappa shape index (κ1) is 18.3. The number of amides is 2. The summed E-state index contributed by atoms with van der Waals surface area (Å²) < 4.78 is 11.6. The first-order valence-electron chi connectivity index (χ1n) is 9.75. The number of nitrogens with zero attached hydrogens (tertiary/aromatic N) is 2. The molecular weight excluding hydrogens is 356 g/mol. The molecule has 2 aromatic carbocycles. The molecular formula is C22H24N2O4. The SMILES string of the molecule is O=C([C@@H]1CN(C(=O)COc2ccccc2)c2ccccc2O1)N1CCCCC1. The van der Waals surface area contributed by atoms with E-state index in [1.54, 1.807) is 11.0 Å². The Hall–Kier alpha value is -3.02. The molecule has 1 saturated heterocycles. The quantitative estimate of drug-likeness (QED) is 0.818. The van der Waals surface area contributed by atoms with Crippen LogP contribution in [-0.4, -0.2) is 49.1 Å². The van der Waals surface area contributed by atoms with Crippen molar-refractivity contribution in [1.29, 1.82) is 0 Å². The second-order valence-corrected chi connectivity index (χ2v) is 7.07. The van der Waals surface area contributed by atoms with Crippen LogP contribution in [0.3, 0.4) is 0 Å². The first-order chi connectivity index (χ1) is 13.7. The number of benzene rings is 2. The molecule has 0 radical (unpaired) electrons. The molecule has 6 nitrogen and oxygen atoms in total. The molecule has 2 aliphatic rings. The van der Waals surface area contributed by atoms with Crippen molar-refractivity contribution < 1.29 is 19.1 Å². The molecule has 28 heavy (non-hydrogen) atoms. The van der Waals surface area contributed by atoms with E-state index in [-0.39, 0.29) is 25.0 Å². The lowest BCUT2D eigenvalue weighted by Gasteiger charge is -2.37. The molecule has 2 heterocycles. The highest BCUT2D eigenvalue weighted by Gasteiger charge is 2.36. The van der Waals surface area contributed by atoms with Crippen molar-refractivity contribution in [3.8, 4) is 11.5 Å². The number of ether oxygens (including phenoxy) is 2. The van der Waals surface area contributed by atoms with E-state index >= 15 is 0 Å². The molecule has 0 spiro atoms. The Morgan fingerprint density at radius 1 is 0.964 bits per heavy atom. The van der Waals surface area contributed by atoms with Gasteiger partial charge in [0.15, 0.2) is 12.7 Å². The summed E-state index contributed by atoms with van der Waals surface area (Å²) in [5, 5.41) is 0. The lowest BCUT2D eigenvalue weighted by Crippen LogP contribution is -2.53. The van der Waals surface area contributed by atoms with Crippen molar-refractivity contribution in [1.82, 2.24) is 4.90 Å². The van der Waals surface area contributed by atoms with Gasteiger partial charge in [0.2, 0.25) is 0 Å². The van der Waals surface area contributed by atoms with Crippen molar-refractivity contribution in [3.63, 3.8) is 0 Å². The summed E-state index contributed by atoms with van der Waals surface area (Å²) >= 11 is 0. The fourth-order valence-electron chi connectivity index (χ4n) is 3.66. The second-order valence-electron chi connectivity index (χ2n) is 7.07. The average molecular weight is 380 g/mol. The van der Waals surface area contributed by atoms with Gasteiger partial charge in [-0.2, -0.15) is 0 Å².